The van der Waals surface area contributed by atoms with Crippen LogP contribution < -0.4 is 0 Å². The lowest BCUT2D eigenvalue weighted by molar-refractivity contribution is -0.129. The van der Waals surface area contributed by atoms with Crippen LogP contribution in [0.15, 0.2) is 30.3 Å². The SMILES string of the molecule is CCCC(CC1CC(=O)c2c(C)c(C)cc(C(C)C)c2C1)C(CC)C(=O)CC(C)=O.Cc1ccc(C)cc1. The van der Waals surface area contributed by atoms with E-state index >= 15 is 0 Å². The Balaban J connectivity index is 0.000000538. The molecule has 3 rings (SSSR count). The highest BCUT2D eigenvalue weighted by Gasteiger charge is 2.34. The number of hydrogen-bond donors (Lipinski definition) is 0. The van der Waals surface area contributed by atoms with E-state index in [4.69, 9.17) is 0 Å². The molecule has 1 aliphatic carbocycles. The van der Waals surface area contributed by atoms with Crippen molar-refractivity contribution in [1.82, 2.24) is 0 Å². The number of aryl methyl sites for hydroxylation is 3. The highest BCUT2D eigenvalue weighted by atomic mass is 16.1. The van der Waals surface area contributed by atoms with E-state index < -0.39 is 0 Å². The largest absolute Gasteiger partial charge is 0.300 e. The zero-order valence-corrected chi connectivity index (χ0v) is 25.4. The number of benzene rings is 2. The van der Waals surface area contributed by atoms with Crippen LogP contribution >= 0.6 is 0 Å². The van der Waals surface area contributed by atoms with Crippen molar-refractivity contribution in [3.05, 3.63) is 69.3 Å². The van der Waals surface area contributed by atoms with Crippen molar-refractivity contribution in [3.8, 4) is 0 Å². The fourth-order valence-electron chi connectivity index (χ4n) is 6.12. The third-order valence-corrected chi connectivity index (χ3v) is 8.22. The van der Waals surface area contributed by atoms with Crippen LogP contribution in [0.5, 0.6) is 0 Å². The first-order valence-corrected chi connectivity index (χ1v) is 14.6. The van der Waals surface area contributed by atoms with Gasteiger partial charge in [-0.15, -0.1) is 0 Å². The molecule has 0 spiro atoms. The highest BCUT2D eigenvalue weighted by molar-refractivity contribution is 6.01. The molecule has 3 unspecified atom stereocenters. The second-order valence-corrected chi connectivity index (χ2v) is 11.9. The molecule has 0 saturated carbocycles. The van der Waals surface area contributed by atoms with E-state index in [1.807, 2.05) is 0 Å². The van der Waals surface area contributed by atoms with E-state index in [1.54, 1.807) is 0 Å². The summed E-state index contributed by atoms with van der Waals surface area (Å²) < 4.78 is 0. The van der Waals surface area contributed by atoms with Crippen molar-refractivity contribution in [3.63, 3.8) is 0 Å². The van der Waals surface area contributed by atoms with Crippen LogP contribution in [0.4, 0.5) is 0 Å². The van der Waals surface area contributed by atoms with Crippen LogP contribution in [0, 0.1) is 45.4 Å². The van der Waals surface area contributed by atoms with Gasteiger partial charge in [0.25, 0.3) is 0 Å². The minimum Gasteiger partial charge on any atom is -0.300 e. The molecule has 3 atom stereocenters. The van der Waals surface area contributed by atoms with Gasteiger partial charge in [-0.2, -0.15) is 0 Å². The smallest absolute Gasteiger partial charge is 0.163 e. The van der Waals surface area contributed by atoms with E-state index in [-0.39, 0.29) is 41.5 Å². The van der Waals surface area contributed by atoms with Crippen LogP contribution in [-0.4, -0.2) is 17.3 Å². The second kappa shape index (κ2) is 14.6. The van der Waals surface area contributed by atoms with Gasteiger partial charge < -0.3 is 0 Å². The van der Waals surface area contributed by atoms with Crippen LogP contribution in [0.2, 0.25) is 0 Å². The summed E-state index contributed by atoms with van der Waals surface area (Å²) in [6.45, 7) is 18.5. The van der Waals surface area contributed by atoms with Gasteiger partial charge in [0, 0.05) is 17.9 Å². The Morgan fingerprint density at radius 2 is 1.53 bits per heavy atom. The predicted molar refractivity (Wildman–Crippen MR) is 159 cm³/mol. The number of hydrogen-bond acceptors (Lipinski definition) is 3. The first-order chi connectivity index (χ1) is 17.9. The lowest BCUT2D eigenvalue weighted by Crippen LogP contribution is -2.30. The van der Waals surface area contributed by atoms with Crippen molar-refractivity contribution in [2.75, 3.05) is 0 Å². The van der Waals surface area contributed by atoms with Gasteiger partial charge in [0.2, 0.25) is 0 Å². The Labute approximate surface area is 231 Å². The molecule has 2 aromatic rings. The summed E-state index contributed by atoms with van der Waals surface area (Å²) in [4.78, 5) is 37.5. The van der Waals surface area contributed by atoms with E-state index in [1.165, 1.54) is 34.7 Å². The Morgan fingerprint density at radius 1 is 0.947 bits per heavy atom. The molecule has 0 bridgehead atoms. The van der Waals surface area contributed by atoms with Gasteiger partial charge in [-0.25, -0.2) is 0 Å². The summed E-state index contributed by atoms with van der Waals surface area (Å²) in [5, 5.41) is 0. The van der Waals surface area contributed by atoms with Crippen LogP contribution in [0.1, 0.15) is 123 Å². The van der Waals surface area contributed by atoms with Crippen LogP contribution in [0.3, 0.4) is 0 Å². The van der Waals surface area contributed by atoms with Crippen molar-refractivity contribution in [2.45, 2.75) is 113 Å². The van der Waals surface area contributed by atoms with Gasteiger partial charge in [-0.1, -0.05) is 82.0 Å². The first kappa shape index (κ1) is 31.7. The Kier molecular flexibility index (Phi) is 12.1. The average Bonchev–Trinajstić information content (AvgIpc) is 2.83. The number of fused-ring (bicyclic) bond motifs is 1. The molecule has 0 aromatic heterocycles. The van der Waals surface area contributed by atoms with Crippen LogP contribution in [-0.2, 0) is 16.0 Å². The summed E-state index contributed by atoms with van der Waals surface area (Å²) in [6.07, 6.45) is 5.20. The van der Waals surface area contributed by atoms with Gasteiger partial charge in [-0.05, 0) is 93.9 Å². The molecule has 0 radical (unpaired) electrons. The maximum Gasteiger partial charge on any atom is 0.163 e. The van der Waals surface area contributed by atoms with Crippen molar-refractivity contribution in [1.29, 1.82) is 0 Å². The zero-order chi connectivity index (χ0) is 28.6. The van der Waals surface area contributed by atoms with E-state index in [2.05, 4.69) is 85.7 Å². The number of rotatable bonds is 10. The maximum atomic E-state index is 13.2. The maximum absolute atomic E-state index is 13.2. The third-order valence-electron chi connectivity index (χ3n) is 8.22. The minimum absolute atomic E-state index is 0.0428. The summed E-state index contributed by atoms with van der Waals surface area (Å²) in [7, 11) is 0. The van der Waals surface area contributed by atoms with E-state index in [0.717, 1.165) is 43.2 Å². The zero-order valence-electron chi connectivity index (χ0n) is 25.4. The number of ketones is 3. The van der Waals surface area contributed by atoms with Crippen LogP contribution in [0.25, 0.3) is 0 Å². The number of carbonyl (C=O) groups is 3. The van der Waals surface area contributed by atoms with E-state index in [9.17, 15) is 14.4 Å². The molecule has 0 amide bonds. The Hall–Kier alpha value is -2.55. The fraction of sp³-hybridized carbons (Fsp3) is 0.571. The molecule has 0 saturated heterocycles. The standard InChI is InChI=1S/C27H40O3.C8H10/c1-8-10-21(22(9-2)25(29)12-18(6)28)13-20-14-24-23(16(3)4)11-17(5)19(7)27(24)26(30)15-20;1-7-3-5-8(2)6-4-7/h11,16,20-22H,8-10,12-15H2,1-7H3;3-6H,1-2H3. The van der Waals surface area contributed by atoms with E-state index in [0.29, 0.717) is 12.3 Å². The fourth-order valence-corrected chi connectivity index (χ4v) is 6.12. The molecule has 208 valence electrons. The lowest BCUT2D eigenvalue weighted by Gasteiger charge is -2.33. The molecule has 3 nitrogen and oxygen atoms in total. The first-order valence-electron chi connectivity index (χ1n) is 14.6. The molecule has 1 aliphatic rings. The van der Waals surface area contributed by atoms with Crippen molar-refractivity contribution in [2.24, 2.45) is 17.8 Å². The molecule has 38 heavy (non-hydrogen) atoms. The summed E-state index contributed by atoms with van der Waals surface area (Å²) >= 11 is 0. The Morgan fingerprint density at radius 3 is 2.00 bits per heavy atom. The highest BCUT2D eigenvalue weighted by Crippen LogP contribution is 2.39. The lowest BCUT2D eigenvalue weighted by atomic mass is 9.70. The third kappa shape index (κ3) is 8.48. The van der Waals surface area contributed by atoms with Crippen molar-refractivity contribution < 1.29 is 14.4 Å². The quantitative estimate of drug-likeness (QED) is 0.295. The predicted octanol–water partition coefficient (Wildman–Crippen LogP) is 8.86. The van der Waals surface area contributed by atoms with Gasteiger partial charge in [0.15, 0.2) is 5.78 Å². The molecule has 0 fully saturated rings. The molecule has 0 aliphatic heterocycles. The molecule has 0 N–H and O–H groups in total. The topological polar surface area (TPSA) is 51.2 Å². The minimum atomic E-state index is -0.0744. The van der Waals surface area contributed by atoms with Crippen molar-refractivity contribution >= 4 is 17.3 Å². The summed E-state index contributed by atoms with van der Waals surface area (Å²) in [5.41, 5.74) is 8.50. The average molecular weight is 519 g/mol. The molecular weight excluding hydrogens is 468 g/mol. The molecule has 2 aromatic carbocycles. The van der Waals surface area contributed by atoms with Gasteiger partial charge in [0.05, 0.1) is 6.42 Å². The summed E-state index contributed by atoms with van der Waals surface area (Å²) in [5.74, 6) is 1.14. The monoisotopic (exact) mass is 518 g/mol. The van der Waals surface area contributed by atoms with Gasteiger partial charge in [-0.3, -0.25) is 14.4 Å². The van der Waals surface area contributed by atoms with Gasteiger partial charge >= 0.3 is 0 Å². The molecule has 0 heterocycles. The molecular formula is C35H50O3. The molecule has 3 heteroatoms. The second-order valence-electron chi connectivity index (χ2n) is 11.9. The number of carbonyl (C=O) groups excluding carboxylic acids is 3. The number of Topliss-reactive ketones (excluding diaryl/α,β-unsaturated/α-hetero) is 3. The van der Waals surface area contributed by atoms with Gasteiger partial charge in [0.1, 0.15) is 11.6 Å². The normalized spacial score (nSPS) is 16.4. The Bertz CT molecular complexity index is 1090. The summed E-state index contributed by atoms with van der Waals surface area (Å²) in [6, 6.07) is 10.7.